The van der Waals surface area contributed by atoms with Crippen LogP contribution < -0.4 is 9.64 Å². The number of hydrogen-bond donors (Lipinski definition) is 0. The highest BCUT2D eigenvalue weighted by Crippen LogP contribution is 2.34. The minimum atomic E-state index is 0.0892. The SMILES string of the molecule is CCN(CC)C(=O)c1ccc(N(c2cccc(OC)c2)C2CCN(Cc3cccs3)CC2)cc1. The Hall–Kier alpha value is -2.83. The summed E-state index contributed by atoms with van der Waals surface area (Å²) in [7, 11) is 1.71. The Morgan fingerprint density at radius 3 is 2.35 bits per heavy atom. The molecule has 2 heterocycles. The second kappa shape index (κ2) is 11.5. The zero-order chi connectivity index (χ0) is 23.9. The number of piperidine rings is 1. The number of amides is 1. The molecule has 0 N–H and O–H groups in total. The monoisotopic (exact) mass is 477 g/mol. The van der Waals surface area contributed by atoms with E-state index >= 15 is 0 Å². The number of anilines is 2. The topological polar surface area (TPSA) is 36.0 Å². The Morgan fingerprint density at radius 1 is 1.00 bits per heavy atom. The highest BCUT2D eigenvalue weighted by molar-refractivity contribution is 7.09. The number of rotatable bonds is 9. The molecule has 6 heteroatoms. The van der Waals surface area contributed by atoms with Gasteiger partial charge in [0.2, 0.25) is 0 Å². The molecule has 0 aliphatic carbocycles. The van der Waals surface area contributed by atoms with Crippen molar-refractivity contribution in [1.82, 2.24) is 9.80 Å². The van der Waals surface area contributed by atoms with Crippen molar-refractivity contribution in [3.05, 3.63) is 76.5 Å². The highest BCUT2D eigenvalue weighted by atomic mass is 32.1. The number of likely N-dealkylation sites (tertiary alicyclic amines) is 1. The van der Waals surface area contributed by atoms with Crippen LogP contribution in [0.4, 0.5) is 11.4 Å². The second-order valence-corrected chi connectivity index (χ2v) is 9.71. The zero-order valence-electron chi connectivity index (χ0n) is 20.4. The van der Waals surface area contributed by atoms with Crippen LogP contribution in [0.25, 0.3) is 0 Å². The molecule has 1 aliphatic heterocycles. The molecule has 1 aromatic heterocycles. The first-order valence-corrected chi connectivity index (χ1v) is 13.1. The average molecular weight is 478 g/mol. The fraction of sp³-hybridized carbons (Fsp3) is 0.393. The Morgan fingerprint density at radius 2 is 1.74 bits per heavy atom. The molecule has 1 amide bonds. The van der Waals surface area contributed by atoms with E-state index in [2.05, 4.69) is 51.6 Å². The summed E-state index contributed by atoms with van der Waals surface area (Å²) in [4.78, 5) is 21.1. The van der Waals surface area contributed by atoms with Crippen LogP contribution in [-0.2, 0) is 6.54 Å². The van der Waals surface area contributed by atoms with E-state index in [9.17, 15) is 4.79 Å². The molecule has 0 radical (unpaired) electrons. The van der Waals surface area contributed by atoms with E-state index < -0.39 is 0 Å². The normalized spacial score (nSPS) is 14.7. The lowest BCUT2D eigenvalue weighted by atomic mass is 10.0. The van der Waals surface area contributed by atoms with Crippen LogP contribution in [0.3, 0.4) is 0 Å². The van der Waals surface area contributed by atoms with Crippen molar-refractivity contribution in [1.29, 1.82) is 0 Å². The van der Waals surface area contributed by atoms with Gasteiger partial charge in [-0.25, -0.2) is 0 Å². The van der Waals surface area contributed by atoms with E-state index in [1.54, 1.807) is 7.11 Å². The van der Waals surface area contributed by atoms with Gasteiger partial charge in [-0.15, -0.1) is 11.3 Å². The summed E-state index contributed by atoms with van der Waals surface area (Å²) < 4.78 is 5.52. The van der Waals surface area contributed by atoms with Crippen LogP contribution in [0.5, 0.6) is 5.75 Å². The smallest absolute Gasteiger partial charge is 0.253 e. The quantitative estimate of drug-likeness (QED) is 0.376. The minimum absolute atomic E-state index is 0.0892. The molecule has 0 unspecified atom stereocenters. The molecule has 1 saturated heterocycles. The fourth-order valence-electron chi connectivity index (χ4n) is 4.75. The van der Waals surface area contributed by atoms with E-state index in [0.29, 0.717) is 6.04 Å². The highest BCUT2D eigenvalue weighted by Gasteiger charge is 2.27. The van der Waals surface area contributed by atoms with E-state index in [1.807, 2.05) is 54.3 Å². The molecule has 34 heavy (non-hydrogen) atoms. The van der Waals surface area contributed by atoms with Crippen molar-refractivity contribution in [2.75, 3.05) is 38.2 Å². The third kappa shape index (κ3) is 5.62. The molecule has 1 fully saturated rings. The summed E-state index contributed by atoms with van der Waals surface area (Å²) in [5.41, 5.74) is 2.98. The molecule has 5 nitrogen and oxygen atoms in total. The summed E-state index contributed by atoms with van der Waals surface area (Å²) in [6.07, 6.45) is 2.17. The maximum atomic E-state index is 12.8. The van der Waals surface area contributed by atoms with Crippen LogP contribution in [0.1, 0.15) is 41.9 Å². The summed E-state index contributed by atoms with van der Waals surface area (Å²) in [6, 6.07) is 21.1. The number of ether oxygens (including phenoxy) is 1. The first-order chi connectivity index (χ1) is 16.6. The first kappa shape index (κ1) is 24.3. The molecular formula is C28H35N3O2S. The van der Waals surface area contributed by atoms with Crippen LogP contribution in [0.15, 0.2) is 66.0 Å². The molecular weight excluding hydrogens is 442 g/mol. The van der Waals surface area contributed by atoms with Crippen molar-refractivity contribution in [3.63, 3.8) is 0 Å². The number of thiophene rings is 1. The number of hydrogen-bond acceptors (Lipinski definition) is 5. The lowest BCUT2D eigenvalue weighted by Gasteiger charge is -2.40. The van der Waals surface area contributed by atoms with Gasteiger partial charge < -0.3 is 14.5 Å². The average Bonchev–Trinajstić information content (AvgIpc) is 3.39. The third-order valence-electron chi connectivity index (χ3n) is 6.66. The minimum Gasteiger partial charge on any atom is -0.497 e. The standard InChI is InChI=1S/C28H35N3O2S/c1-4-30(5-2)28(32)22-11-13-23(14-12-22)31(25-8-6-9-26(20-25)33-3)24-15-17-29(18-16-24)21-27-10-7-19-34-27/h6-14,19-20,24H,4-5,15-18,21H2,1-3H3. The molecule has 0 spiro atoms. The molecule has 0 atom stereocenters. The van der Waals surface area contributed by atoms with Crippen molar-refractivity contribution in [2.24, 2.45) is 0 Å². The summed E-state index contributed by atoms with van der Waals surface area (Å²) >= 11 is 1.83. The molecule has 0 bridgehead atoms. The lowest BCUT2D eigenvalue weighted by molar-refractivity contribution is 0.0773. The van der Waals surface area contributed by atoms with Gasteiger partial charge in [0, 0.05) is 66.6 Å². The Kier molecular flexibility index (Phi) is 8.25. The number of nitrogens with zero attached hydrogens (tertiary/aromatic N) is 3. The molecule has 0 saturated carbocycles. The zero-order valence-corrected chi connectivity index (χ0v) is 21.3. The van der Waals surface area contributed by atoms with Crippen LogP contribution in [-0.4, -0.2) is 55.0 Å². The van der Waals surface area contributed by atoms with Gasteiger partial charge in [0.15, 0.2) is 0 Å². The van der Waals surface area contributed by atoms with Crippen molar-refractivity contribution >= 4 is 28.6 Å². The maximum Gasteiger partial charge on any atom is 0.253 e. The number of carbonyl (C=O) groups excluding carboxylic acids is 1. The predicted octanol–water partition coefficient (Wildman–Crippen LogP) is 6.04. The third-order valence-corrected chi connectivity index (χ3v) is 7.52. The summed E-state index contributed by atoms with van der Waals surface area (Å²) in [5, 5.41) is 2.15. The fourth-order valence-corrected chi connectivity index (χ4v) is 5.49. The van der Waals surface area contributed by atoms with E-state index in [0.717, 1.165) is 68.3 Å². The Labute approximate surface area is 207 Å². The van der Waals surface area contributed by atoms with Gasteiger partial charge in [-0.2, -0.15) is 0 Å². The lowest BCUT2D eigenvalue weighted by Crippen LogP contribution is -2.42. The van der Waals surface area contributed by atoms with Crippen LogP contribution in [0, 0.1) is 0 Å². The summed E-state index contributed by atoms with van der Waals surface area (Å²) in [6.45, 7) is 8.65. The van der Waals surface area contributed by atoms with Gasteiger partial charge in [-0.3, -0.25) is 9.69 Å². The van der Waals surface area contributed by atoms with E-state index in [4.69, 9.17) is 4.74 Å². The van der Waals surface area contributed by atoms with Crippen molar-refractivity contribution in [3.8, 4) is 5.75 Å². The Bertz CT molecular complexity index is 1040. The maximum absolute atomic E-state index is 12.8. The van der Waals surface area contributed by atoms with Gasteiger partial charge in [-0.05, 0) is 74.5 Å². The van der Waals surface area contributed by atoms with Crippen LogP contribution in [0.2, 0.25) is 0 Å². The molecule has 180 valence electrons. The molecule has 2 aromatic carbocycles. The number of carbonyl (C=O) groups is 1. The van der Waals surface area contributed by atoms with Gasteiger partial charge >= 0.3 is 0 Å². The number of methoxy groups -OCH3 is 1. The number of benzene rings is 2. The van der Waals surface area contributed by atoms with Gasteiger partial charge in [0.05, 0.1) is 7.11 Å². The first-order valence-electron chi connectivity index (χ1n) is 12.2. The van der Waals surface area contributed by atoms with E-state index in [1.165, 1.54) is 4.88 Å². The van der Waals surface area contributed by atoms with Crippen molar-refractivity contribution < 1.29 is 9.53 Å². The summed E-state index contributed by atoms with van der Waals surface area (Å²) in [5.74, 6) is 0.942. The molecule has 4 rings (SSSR count). The largest absolute Gasteiger partial charge is 0.497 e. The van der Waals surface area contributed by atoms with Gasteiger partial charge in [-0.1, -0.05) is 12.1 Å². The second-order valence-electron chi connectivity index (χ2n) is 8.68. The molecule has 1 aliphatic rings. The van der Waals surface area contributed by atoms with E-state index in [-0.39, 0.29) is 5.91 Å². The molecule has 3 aromatic rings. The Balaban J connectivity index is 1.56. The van der Waals surface area contributed by atoms with Gasteiger partial charge in [0.25, 0.3) is 5.91 Å². The van der Waals surface area contributed by atoms with Crippen LogP contribution >= 0.6 is 11.3 Å². The van der Waals surface area contributed by atoms with Gasteiger partial charge in [0.1, 0.15) is 5.75 Å². The predicted molar refractivity (Wildman–Crippen MR) is 141 cm³/mol. The van der Waals surface area contributed by atoms with Crippen molar-refractivity contribution in [2.45, 2.75) is 39.3 Å².